The average Bonchev–Trinajstić information content (AvgIpc) is 3.34. The van der Waals surface area contributed by atoms with Gasteiger partial charge in [-0.2, -0.15) is 0 Å². The molecule has 0 N–H and O–H groups in total. The number of fused-ring (bicyclic) bond motifs is 1. The SMILES string of the molecule is CC(=O)N(c1nc(Cn2cnc3c2c(=O)n(C)c(=O)n3C)cs1)c1c(C)cc(C)cc1C. The van der Waals surface area contributed by atoms with E-state index in [1.54, 1.807) is 16.5 Å². The van der Waals surface area contributed by atoms with Gasteiger partial charge in [0.1, 0.15) is 0 Å². The number of aryl methyl sites for hydroxylation is 4. The van der Waals surface area contributed by atoms with Crippen LogP contribution in [0.1, 0.15) is 29.3 Å². The van der Waals surface area contributed by atoms with Crippen LogP contribution in [0.3, 0.4) is 0 Å². The quantitative estimate of drug-likeness (QED) is 0.474. The maximum Gasteiger partial charge on any atom is 0.332 e. The molecule has 10 heteroatoms. The predicted molar refractivity (Wildman–Crippen MR) is 125 cm³/mol. The normalized spacial score (nSPS) is 11.3. The first kappa shape index (κ1) is 21.7. The van der Waals surface area contributed by atoms with E-state index in [-0.39, 0.29) is 12.5 Å². The van der Waals surface area contributed by atoms with E-state index in [0.717, 1.165) is 26.9 Å². The topological polar surface area (TPSA) is 95.0 Å². The molecule has 0 bridgehead atoms. The fourth-order valence-electron chi connectivity index (χ4n) is 4.08. The summed E-state index contributed by atoms with van der Waals surface area (Å²) in [6.45, 7) is 7.80. The van der Waals surface area contributed by atoms with Crippen molar-refractivity contribution in [2.24, 2.45) is 14.1 Å². The van der Waals surface area contributed by atoms with Gasteiger partial charge >= 0.3 is 5.69 Å². The highest BCUT2D eigenvalue weighted by atomic mass is 32.1. The van der Waals surface area contributed by atoms with Crippen LogP contribution in [0.15, 0.2) is 33.4 Å². The zero-order valence-corrected chi connectivity index (χ0v) is 19.6. The second kappa shape index (κ2) is 7.86. The van der Waals surface area contributed by atoms with Gasteiger partial charge in [0.25, 0.3) is 5.56 Å². The molecular weight excluding hydrogens is 428 g/mol. The molecule has 0 aliphatic heterocycles. The summed E-state index contributed by atoms with van der Waals surface area (Å²) in [5, 5.41) is 2.43. The molecule has 1 amide bonds. The lowest BCUT2D eigenvalue weighted by Gasteiger charge is -2.23. The third kappa shape index (κ3) is 3.46. The monoisotopic (exact) mass is 452 g/mol. The number of anilines is 2. The van der Waals surface area contributed by atoms with Crippen LogP contribution in [0, 0.1) is 20.8 Å². The largest absolute Gasteiger partial charge is 0.332 e. The third-order valence-corrected chi connectivity index (χ3v) is 6.33. The van der Waals surface area contributed by atoms with E-state index >= 15 is 0 Å². The molecule has 0 aliphatic carbocycles. The second-order valence-electron chi connectivity index (χ2n) is 7.97. The minimum Gasteiger partial charge on any atom is -0.319 e. The van der Waals surface area contributed by atoms with Crippen LogP contribution in [-0.2, 0) is 25.4 Å². The van der Waals surface area contributed by atoms with E-state index < -0.39 is 11.2 Å². The van der Waals surface area contributed by atoms with Crippen molar-refractivity contribution in [3.63, 3.8) is 0 Å². The average molecular weight is 453 g/mol. The van der Waals surface area contributed by atoms with E-state index in [4.69, 9.17) is 0 Å². The van der Waals surface area contributed by atoms with Crippen LogP contribution >= 0.6 is 11.3 Å². The van der Waals surface area contributed by atoms with Gasteiger partial charge in [0, 0.05) is 26.4 Å². The maximum atomic E-state index is 12.7. The van der Waals surface area contributed by atoms with Crippen molar-refractivity contribution in [2.75, 3.05) is 4.90 Å². The minimum atomic E-state index is -0.426. The molecule has 0 atom stereocenters. The van der Waals surface area contributed by atoms with Gasteiger partial charge in [-0.05, 0) is 31.9 Å². The Bertz CT molecular complexity index is 1470. The Morgan fingerprint density at radius 1 is 1.09 bits per heavy atom. The van der Waals surface area contributed by atoms with Crippen molar-refractivity contribution in [3.05, 3.63) is 67.1 Å². The summed E-state index contributed by atoms with van der Waals surface area (Å²) in [5.41, 5.74) is 4.48. The summed E-state index contributed by atoms with van der Waals surface area (Å²) in [5.74, 6) is -0.127. The Morgan fingerprint density at radius 2 is 1.75 bits per heavy atom. The lowest BCUT2D eigenvalue weighted by atomic mass is 10.0. The van der Waals surface area contributed by atoms with E-state index in [1.807, 2.05) is 38.3 Å². The summed E-state index contributed by atoms with van der Waals surface area (Å²) >= 11 is 1.36. The molecule has 0 radical (unpaired) electrons. The molecule has 4 rings (SSSR count). The molecular formula is C22H24N6O3S. The molecule has 0 fully saturated rings. The summed E-state index contributed by atoms with van der Waals surface area (Å²) < 4.78 is 4.09. The number of aromatic nitrogens is 5. The molecule has 3 aromatic heterocycles. The van der Waals surface area contributed by atoms with Crippen molar-refractivity contribution < 1.29 is 4.79 Å². The number of rotatable bonds is 4. The van der Waals surface area contributed by atoms with E-state index in [0.29, 0.717) is 22.0 Å². The van der Waals surface area contributed by atoms with Crippen molar-refractivity contribution in [1.82, 2.24) is 23.7 Å². The van der Waals surface area contributed by atoms with Gasteiger partial charge in [-0.25, -0.2) is 14.8 Å². The van der Waals surface area contributed by atoms with Gasteiger partial charge in [-0.15, -0.1) is 11.3 Å². The number of nitrogens with zero attached hydrogens (tertiary/aromatic N) is 6. The molecule has 3 heterocycles. The van der Waals surface area contributed by atoms with Crippen molar-refractivity contribution in [2.45, 2.75) is 34.2 Å². The fraction of sp³-hybridized carbons (Fsp3) is 0.318. The number of imidazole rings is 1. The number of amides is 1. The molecule has 9 nitrogen and oxygen atoms in total. The van der Waals surface area contributed by atoms with Gasteiger partial charge in [0.15, 0.2) is 16.3 Å². The zero-order valence-electron chi connectivity index (χ0n) is 18.8. The van der Waals surface area contributed by atoms with Crippen molar-refractivity contribution in [3.8, 4) is 0 Å². The Morgan fingerprint density at radius 3 is 2.38 bits per heavy atom. The number of hydrogen-bond acceptors (Lipinski definition) is 6. The Labute approximate surface area is 188 Å². The lowest BCUT2D eigenvalue weighted by Crippen LogP contribution is -2.37. The summed E-state index contributed by atoms with van der Waals surface area (Å²) in [7, 11) is 3.03. The molecule has 0 unspecified atom stereocenters. The van der Waals surface area contributed by atoms with Crippen LogP contribution < -0.4 is 16.1 Å². The van der Waals surface area contributed by atoms with Gasteiger partial charge in [-0.3, -0.25) is 23.6 Å². The van der Waals surface area contributed by atoms with E-state index in [2.05, 4.69) is 9.97 Å². The highest BCUT2D eigenvalue weighted by Gasteiger charge is 2.22. The Kier molecular flexibility index (Phi) is 5.33. The van der Waals surface area contributed by atoms with Crippen LogP contribution in [-0.4, -0.2) is 29.6 Å². The number of carbonyl (C=O) groups is 1. The number of benzene rings is 1. The van der Waals surface area contributed by atoms with Crippen molar-refractivity contribution in [1.29, 1.82) is 0 Å². The number of carbonyl (C=O) groups excluding carboxylic acids is 1. The highest BCUT2D eigenvalue weighted by molar-refractivity contribution is 7.14. The lowest BCUT2D eigenvalue weighted by molar-refractivity contribution is -0.115. The molecule has 166 valence electrons. The molecule has 0 saturated heterocycles. The van der Waals surface area contributed by atoms with Crippen LogP contribution in [0.25, 0.3) is 11.2 Å². The zero-order chi connectivity index (χ0) is 23.3. The molecule has 1 aromatic carbocycles. The predicted octanol–water partition coefficient (Wildman–Crippen LogP) is 2.55. The first-order valence-electron chi connectivity index (χ1n) is 10.0. The smallest absolute Gasteiger partial charge is 0.319 e. The first-order valence-corrected chi connectivity index (χ1v) is 10.9. The van der Waals surface area contributed by atoms with Crippen LogP contribution in [0.4, 0.5) is 10.8 Å². The summed E-state index contributed by atoms with van der Waals surface area (Å²) in [6, 6.07) is 4.09. The Balaban J connectivity index is 1.76. The van der Waals surface area contributed by atoms with Gasteiger partial charge in [0.05, 0.1) is 24.3 Å². The molecule has 0 aliphatic rings. The first-order chi connectivity index (χ1) is 15.1. The highest BCUT2D eigenvalue weighted by Crippen LogP contribution is 2.34. The maximum absolute atomic E-state index is 12.7. The molecule has 0 saturated carbocycles. The van der Waals surface area contributed by atoms with Gasteiger partial charge in [-0.1, -0.05) is 17.7 Å². The van der Waals surface area contributed by atoms with E-state index in [1.165, 1.54) is 36.2 Å². The molecule has 4 aromatic rings. The number of thiazole rings is 1. The van der Waals surface area contributed by atoms with Crippen LogP contribution in [0.2, 0.25) is 0 Å². The van der Waals surface area contributed by atoms with E-state index in [9.17, 15) is 14.4 Å². The number of hydrogen-bond donors (Lipinski definition) is 0. The summed E-state index contributed by atoms with van der Waals surface area (Å²) in [4.78, 5) is 48.0. The van der Waals surface area contributed by atoms with Crippen LogP contribution in [0.5, 0.6) is 0 Å². The fourth-order valence-corrected chi connectivity index (χ4v) is 4.94. The molecule has 0 spiro atoms. The molecule has 32 heavy (non-hydrogen) atoms. The summed E-state index contributed by atoms with van der Waals surface area (Å²) in [6.07, 6.45) is 1.53. The standard InChI is InChI=1S/C22H24N6O3S/c1-12-7-13(2)17(14(3)8-12)28(15(4)29)21-24-16(10-32-21)9-27-11-23-19-18(27)20(30)26(6)22(31)25(19)5/h7-8,10-11H,9H2,1-6H3. The minimum absolute atomic E-state index is 0.127. The van der Waals surface area contributed by atoms with Gasteiger partial charge in [0.2, 0.25) is 5.91 Å². The second-order valence-corrected chi connectivity index (χ2v) is 8.81. The van der Waals surface area contributed by atoms with Gasteiger partial charge < -0.3 is 4.57 Å². The van der Waals surface area contributed by atoms with Crippen molar-refractivity contribution >= 4 is 39.2 Å². The third-order valence-electron chi connectivity index (χ3n) is 5.45. The Hall–Kier alpha value is -3.53.